The smallest absolute Gasteiger partial charge is 0.409 e. The molecule has 2 heterocycles. The number of carbonyl (C=O) groups is 5. The van der Waals surface area contributed by atoms with E-state index in [-0.39, 0.29) is 69.5 Å². The fraction of sp³-hybridized carbons (Fsp3) is 0.429. The normalized spacial score (nSPS) is 13.6. The molecule has 51 heavy (non-hydrogen) atoms. The minimum atomic E-state index is -1.22. The van der Waals surface area contributed by atoms with Crippen molar-refractivity contribution < 1.29 is 51.7 Å². The van der Waals surface area contributed by atoms with E-state index in [1.807, 2.05) is 6.07 Å². The van der Waals surface area contributed by atoms with E-state index in [0.29, 0.717) is 0 Å². The second-order valence-corrected chi connectivity index (χ2v) is 12.5. The maximum absolute atomic E-state index is 14.2. The van der Waals surface area contributed by atoms with Gasteiger partial charge >= 0.3 is 18.0 Å². The van der Waals surface area contributed by atoms with Crippen LogP contribution < -0.4 is 10.1 Å². The molecule has 2 aromatic carbocycles. The number of amides is 3. The Balaban J connectivity index is 1.53. The van der Waals surface area contributed by atoms with Crippen molar-refractivity contribution in [3.63, 3.8) is 0 Å². The molecule has 1 atom stereocenters. The zero-order valence-corrected chi connectivity index (χ0v) is 28.9. The van der Waals surface area contributed by atoms with Crippen molar-refractivity contribution >= 4 is 29.8 Å². The molecular formula is C35H41F2N5O9. The summed E-state index contributed by atoms with van der Waals surface area (Å²) in [5.41, 5.74) is -0.360. The Kier molecular flexibility index (Phi) is 13.1. The Labute approximate surface area is 293 Å². The van der Waals surface area contributed by atoms with Crippen molar-refractivity contribution in [2.24, 2.45) is 0 Å². The highest BCUT2D eigenvalue weighted by Crippen LogP contribution is 2.22. The Bertz CT molecular complexity index is 1700. The second-order valence-electron chi connectivity index (χ2n) is 12.5. The van der Waals surface area contributed by atoms with Gasteiger partial charge in [0.2, 0.25) is 11.8 Å². The van der Waals surface area contributed by atoms with E-state index in [9.17, 15) is 32.8 Å². The van der Waals surface area contributed by atoms with Crippen molar-refractivity contribution in [1.82, 2.24) is 24.9 Å². The number of hydrogen-bond donors (Lipinski definition) is 1. The molecule has 3 aromatic rings. The average molecular weight is 714 g/mol. The summed E-state index contributed by atoms with van der Waals surface area (Å²) in [5, 5.41) is 6.82. The lowest BCUT2D eigenvalue weighted by Crippen LogP contribution is -2.56. The summed E-state index contributed by atoms with van der Waals surface area (Å²) in [4.78, 5) is 67.5. The summed E-state index contributed by atoms with van der Waals surface area (Å²) < 4.78 is 50.2. The zero-order valence-electron chi connectivity index (χ0n) is 28.9. The van der Waals surface area contributed by atoms with Gasteiger partial charge in [-0.25, -0.2) is 23.1 Å². The largest absolute Gasteiger partial charge is 0.466 e. The van der Waals surface area contributed by atoms with E-state index in [2.05, 4.69) is 10.4 Å². The topological polar surface area (TPSA) is 159 Å². The Morgan fingerprint density at radius 2 is 1.57 bits per heavy atom. The number of ether oxygens (including phenoxy) is 4. The maximum atomic E-state index is 14.2. The molecule has 0 unspecified atom stereocenters. The third-order valence-corrected chi connectivity index (χ3v) is 7.42. The lowest BCUT2D eigenvalue weighted by atomic mass is 10.1. The first-order chi connectivity index (χ1) is 24.2. The number of aromatic nitrogens is 2. The standard InChI is InChI=1S/C35H41F2N5O9/c1-5-48-34(47)41-17-15-40(16-18-41)33(46)27(13-14-30(43)51-35(2,3)4)38-32(45)28-20-29(42(39-28)24-11-12-25(36)26(37)19-24)49-22-31(44)50-21-23-9-7-6-8-10-23/h6-12,19-20,27H,5,13-18,21-22H2,1-4H3,(H,38,45)/t27-/m0/s1. The van der Waals surface area contributed by atoms with E-state index in [1.165, 1.54) is 15.9 Å². The predicted octanol–water partition coefficient (Wildman–Crippen LogP) is 3.79. The molecule has 14 nitrogen and oxygen atoms in total. The number of halogens is 2. The van der Waals surface area contributed by atoms with Crippen LogP contribution in [0.1, 0.15) is 56.6 Å². The number of hydrogen-bond acceptors (Lipinski definition) is 10. The third kappa shape index (κ3) is 11.2. The molecule has 1 aliphatic heterocycles. The van der Waals surface area contributed by atoms with E-state index >= 15 is 0 Å². The van der Waals surface area contributed by atoms with Gasteiger partial charge in [-0.05, 0) is 51.8 Å². The van der Waals surface area contributed by atoms with Gasteiger partial charge in [-0.3, -0.25) is 14.4 Å². The van der Waals surface area contributed by atoms with Crippen LogP contribution >= 0.6 is 0 Å². The van der Waals surface area contributed by atoms with Crippen LogP contribution in [0.15, 0.2) is 54.6 Å². The van der Waals surface area contributed by atoms with Gasteiger partial charge < -0.3 is 34.1 Å². The summed E-state index contributed by atoms with van der Waals surface area (Å²) in [6, 6.07) is 11.7. The quantitative estimate of drug-likeness (QED) is 0.204. The molecule has 0 bridgehead atoms. The van der Waals surface area contributed by atoms with Crippen molar-refractivity contribution in [3.05, 3.63) is 77.5 Å². The molecule has 0 spiro atoms. The molecule has 0 saturated carbocycles. The number of nitrogens with zero attached hydrogens (tertiary/aromatic N) is 4. The first-order valence-corrected chi connectivity index (χ1v) is 16.3. The summed E-state index contributed by atoms with van der Waals surface area (Å²) in [5.74, 6) is -5.20. The molecule has 1 fully saturated rings. The Morgan fingerprint density at radius 1 is 0.882 bits per heavy atom. The molecule has 274 valence electrons. The minimum Gasteiger partial charge on any atom is -0.466 e. The van der Waals surface area contributed by atoms with Gasteiger partial charge in [0.05, 0.1) is 12.3 Å². The highest BCUT2D eigenvalue weighted by molar-refractivity contribution is 5.96. The fourth-order valence-electron chi connectivity index (χ4n) is 4.98. The summed E-state index contributed by atoms with van der Waals surface area (Å²) in [6.07, 6.45) is -0.837. The van der Waals surface area contributed by atoms with Crippen LogP contribution in [0, 0.1) is 11.6 Å². The number of carbonyl (C=O) groups excluding carboxylic acids is 5. The molecule has 1 aliphatic rings. The lowest BCUT2D eigenvalue weighted by Gasteiger charge is -2.36. The van der Waals surface area contributed by atoms with Gasteiger partial charge in [0, 0.05) is 44.7 Å². The zero-order chi connectivity index (χ0) is 37.1. The first kappa shape index (κ1) is 38.3. The van der Waals surface area contributed by atoms with Crippen LogP contribution in [0.2, 0.25) is 0 Å². The van der Waals surface area contributed by atoms with E-state index in [0.717, 1.165) is 28.4 Å². The Morgan fingerprint density at radius 3 is 2.22 bits per heavy atom. The van der Waals surface area contributed by atoms with E-state index < -0.39 is 59.7 Å². The van der Waals surface area contributed by atoms with Crippen LogP contribution in [0.3, 0.4) is 0 Å². The van der Waals surface area contributed by atoms with Gasteiger partial charge in [0.25, 0.3) is 5.91 Å². The highest BCUT2D eigenvalue weighted by Gasteiger charge is 2.32. The van der Waals surface area contributed by atoms with Crippen LogP contribution in [-0.4, -0.2) is 100 Å². The number of piperazine rings is 1. The van der Waals surface area contributed by atoms with Crippen LogP contribution in [-0.2, 0) is 35.2 Å². The fourth-order valence-corrected chi connectivity index (χ4v) is 4.98. The van der Waals surface area contributed by atoms with Crippen LogP contribution in [0.25, 0.3) is 5.69 Å². The molecule has 0 radical (unpaired) electrons. The van der Waals surface area contributed by atoms with Gasteiger partial charge in [-0.15, -0.1) is 0 Å². The Hall–Kier alpha value is -5.54. The van der Waals surface area contributed by atoms with Gasteiger partial charge in [0.15, 0.2) is 23.9 Å². The summed E-state index contributed by atoms with van der Waals surface area (Å²) in [6.45, 7) is 7.06. The van der Waals surface area contributed by atoms with Crippen molar-refractivity contribution in [1.29, 1.82) is 0 Å². The highest BCUT2D eigenvalue weighted by atomic mass is 19.2. The van der Waals surface area contributed by atoms with Gasteiger partial charge in [0.1, 0.15) is 18.2 Å². The minimum absolute atomic E-state index is 0.0181. The summed E-state index contributed by atoms with van der Waals surface area (Å²) in [7, 11) is 0. The molecular weight excluding hydrogens is 672 g/mol. The van der Waals surface area contributed by atoms with E-state index in [1.54, 1.807) is 52.0 Å². The van der Waals surface area contributed by atoms with Gasteiger partial charge in [-0.2, -0.15) is 5.10 Å². The lowest BCUT2D eigenvalue weighted by molar-refractivity contribution is -0.155. The van der Waals surface area contributed by atoms with E-state index in [4.69, 9.17) is 18.9 Å². The number of esters is 2. The van der Waals surface area contributed by atoms with Crippen molar-refractivity contribution in [2.75, 3.05) is 39.4 Å². The molecule has 1 aromatic heterocycles. The second kappa shape index (κ2) is 17.4. The SMILES string of the molecule is CCOC(=O)N1CCN(C(=O)[C@H](CCC(=O)OC(C)(C)C)NC(=O)c2cc(OCC(=O)OCc3ccccc3)n(-c3ccc(F)c(F)c3)n2)CC1. The number of rotatable bonds is 13. The summed E-state index contributed by atoms with van der Waals surface area (Å²) >= 11 is 0. The molecule has 1 N–H and O–H groups in total. The average Bonchev–Trinajstić information content (AvgIpc) is 3.53. The van der Waals surface area contributed by atoms with Crippen molar-refractivity contribution in [3.8, 4) is 11.6 Å². The molecule has 16 heteroatoms. The predicted molar refractivity (Wildman–Crippen MR) is 177 cm³/mol. The molecule has 3 amide bonds. The van der Waals surface area contributed by atoms with Gasteiger partial charge in [-0.1, -0.05) is 30.3 Å². The molecule has 4 rings (SSSR count). The molecule has 1 saturated heterocycles. The van der Waals surface area contributed by atoms with Crippen LogP contribution in [0.4, 0.5) is 13.6 Å². The number of nitrogens with one attached hydrogen (secondary N) is 1. The third-order valence-electron chi connectivity index (χ3n) is 7.42. The molecule has 0 aliphatic carbocycles. The monoisotopic (exact) mass is 713 g/mol. The van der Waals surface area contributed by atoms with Crippen LogP contribution in [0.5, 0.6) is 5.88 Å². The number of benzene rings is 2. The first-order valence-electron chi connectivity index (χ1n) is 16.3. The maximum Gasteiger partial charge on any atom is 0.409 e. The van der Waals surface area contributed by atoms with Crippen molar-refractivity contribution in [2.45, 2.75) is 58.8 Å².